The number of hydrogen-bond acceptors (Lipinski definition) is 6. The molecule has 1 aliphatic rings. The number of hydrogen-bond donors (Lipinski definition) is 1. The molecule has 4 rings (SSSR count). The monoisotopic (exact) mass is 405 g/mol. The van der Waals surface area contributed by atoms with Crippen molar-refractivity contribution < 1.29 is 9.59 Å². The molecule has 0 radical (unpaired) electrons. The van der Waals surface area contributed by atoms with Crippen LogP contribution in [-0.4, -0.2) is 29.7 Å². The molecule has 1 fully saturated rings. The van der Waals surface area contributed by atoms with Crippen molar-refractivity contribution in [3.8, 4) is 11.8 Å². The molecule has 0 unspecified atom stereocenters. The number of anilines is 1. The van der Waals surface area contributed by atoms with Crippen molar-refractivity contribution in [3.05, 3.63) is 64.6 Å². The Balaban J connectivity index is 1.41. The molecule has 5 nitrogen and oxygen atoms in total. The molecule has 0 spiro atoms. The van der Waals surface area contributed by atoms with Gasteiger partial charge in [0.25, 0.3) is 11.1 Å². The molecule has 2 aromatic carbocycles. The maximum Gasteiger partial charge on any atom is 0.290 e. The number of aromatic nitrogens is 1. The third kappa shape index (κ3) is 4.09. The number of nitrogens with zero attached hydrogens (tertiary/aromatic N) is 2. The molecule has 2 amide bonds. The highest BCUT2D eigenvalue weighted by atomic mass is 32.2. The lowest BCUT2D eigenvalue weighted by Gasteiger charge is -2.10. The van der Waals surface area contributed by atoms with Crippen LogP contribution < -0.4 is 10.2 Å². The maximum atomic E-state index is 11.6. The SMILES string of the molecule is CN(CC#Cc1ccc(C=C2SC(=O)NC2=O)cc1)c1nc2ccccc2s1. The Morgan fingerprint density at radius 1 is 1.14 bits per heavy atom. The molecular weight excluding hydrogens is 390 g/mol. The number of fused-ring (bicyclic) bond motifs is 1. The van der Waals surface area contributed by atoms with Gasteiger partial charge in [-0.05, 0) is 47.7 Å². The fraction of sp³-hybridized carbons (Fsp3) is 0.0952. The Hall–Kier alpha value is -3.08. The van der Waals surface area contributed by atoms with Crippen LogP contribution in [0.25, 0.3) is 16.3 Å². The van der Waals surface area contributed by atoms with E-state index in [0.717, 1.165) is 38.2 Å². The third-order valence-corrected chi connectivity index (χ3v) is 5.97. The standard InChI is InChI=1S/C21H15N3O2S2/c1-24(20-22-16-6-2-3-7-17(16)27-20)12-4-5-14-8-10-15(11-9-14)13-18-19(25)23-21(26)28-18/h2-3,6-11,13H,12H2,1H3,(H,23,25,26). The lowest BCUT2D eigenvalue weighted by Crippen LogP contribution is -2.17. The number of para-hydroxylation sites is 1. The van der Waals surface area contributed by atoms with Crippen LogP contribution in [0.4, 0.5) is 9.93 Å². The van der Waals surface area contributed by atoms with E-state index in [1.165, 1.54) is 0 Å². The highest BCUT2D eigenvalue weighted by Crippen LogP contribution is 2.27. The first-order valence-corrected chi connectivity index (χ1v) is 10.1. The van der Waals surface area contributed by atoms with Crippen LogP contribution in [0.3, 0.4) is 0 Å². The van der Waals surface area contributed by atoms with Crippen LogP contribution in [0.5, 0.6) is 0 Å². The average Bonchev–Trinajstić information content (AvgIpc) is 3.26. The zero-order valence-electron chi connectivity index (χ0n) is 14.9. The summed E-state index contributed by atoms with van der Waals surface area (Å²) >= 11 is 2.56. The van der Waals surface area contributed by atoms with Crippen LogP contribution in [0.2, 0.25) is 0 Å². The van der Waals surface area contributed by atoms with E-state index in [1.54, 1.807) is 17.4 Å². The van der Waals surface area contributed by atoms with Crippen molar-refractivity contribution in [1.29, 1.82) is 0 Å². The molecule has 3 aromatic rings. The fourth-order valence-electron chi connectivity index (χ4n) is 2.59. The average molecular weight is 406 g/mol. The third-order valence-electron chi connectivity index (χ3n) is 4.01. The topological polar surface area (TPSA) is 62.3 Å². The number of thiazole rings is 1. The predicted molar refractivity (Wildman–Crippen MR) is 115 cm³/mol. The number of amides is 2. The second kappa shape index (κ2) is 7.89. The second-order valence-electron chi connectivity index (χ2n) is 6.10. The second-order valence-corrected chi connectivity index (χ2v) is 8.12. The maximum absolute atomic E-state index is 11.6. The van der Waals surface area contributed by atoms with Gasteiger partial charge in [-0.15, -0.1) is 0 Å². The molecule has 0 bridgehead atoms. The first-order chi connectivity index (χ1) is 13.6. The van der Waals surface area contributed by atoms with Crippen molar-refractivity contribution in [3.63, 3.8) is 0 Å². The summed E-state index contributed by atoms with van der Waals surface area (Å²) in [6, 6.07) is 15.6. The minimum atomic E-state index is -0.350. The quantitative estimate of drug-likeness (QED) is 0.525. The molecule has 1 aliphatic heterocycles. The number of nitrogens with one attached hydrogen (secondary N) is 1. The number of thioether (sulfide) groups is 1. The Bertz CT molecular complexity index is 1120. The van der Waals surface area contributed by atoms with Gasteiger partial charge in [0.15, 0.2) is 5.13 Å². The van der Waals surface area contributed by atoms with Gasteiger partial charge in [-0.1, -0.05) is 47.4 Å². The lowest BCUT2D eigenvalue weighted by molar-refractivity contribution is -0.115. The largest absolute Gasteiger partial charge is 0.340 e. The summed E-state index contributed by atoms with van der Waals surface area (Å²) in [4.78, 5) is 29.8. The first kappa shape index (κ1) is 18.3. The van der Waals surface area contributed by atoms with Gasteiger partial charge >= 0.3 is 0 Å². The van der Waals surface area contributed by atoms with Crippen LogP contribution in [0.15, 0.2) is 53.4 Å². The van der Waals surface area contributed by atoms with Crippen LogP contribution in [-0.2, 0) is 4.79 Å². The smallest absolute Gasteiger partial charge is 0.290 e. The zero-order valence-corrected chi connectivity index (χ0v) is 16.6. The first-order valence-electron chi connectivity index (χ1n) is 8.49. The molecule has 0 atom stereocenters. The summed E-state index contributed by atoms with van der Waals surface area (Å²) in [5.41, 5.74) is 2.74. The number of imide groups is 1. The summed E-state index contributed by atoms with van der Waals surface area (Å²) in [6.45, 7) is 0.574. The number of benzene rings is 2. The van der Waals surface area contributed by atoms with Crippen molar-refractivity contribution in [2.45, 2.75) is 0 Å². The van der Waals surface area contributed by atoms with Crippen molar-refractivity contribution in [2.24, 2.45) is 0 Å². The van der Waals surface area contributed by atoms with E-state index in [9.17, 15) is 9.59 Å². The van der Waals surface area contributed by atoms with Crippen molar-refractivity contribution in [2.75, 3.05) is 18.5 Å². The van der Waals surface area contributed by atoms with Gasteiger partial charge in [0.1, 0.15) is 0 Å². The van der Waals surface area contributed by atoms with E-state index in [-0.39, 0.29) is 11.1 Å². The number of carbonyl (C=O) groups is 2. The fourth-order valence-corrected chi connectivity index (χ4v) is 4.19. The molecule has 7 heteroatoms. The number of carbonyl (C=O) groups excluding carboxylic acids is 2. The van der Waals surface area contributed by atoms with Gasteiger partial charge in [0, 0.05) is 12.6 Å². The Kier molecular flexibility index (Phi) is 5.15. The summed E-state index contributed by atoms with van der Waals surface area (Å²) in [5, 5.41) is 2.85. The molecule has 0 saturated carbocycles. The summed E-state index contributed by atoms with van der Waals surface area (Å²) in [5.74, 6) is 5.96. The molecule has 1 aromatic heterocycles. The zero-order chi connectivity index (χ0) is 19.5. The van der Waals surface area contributed by atoms with E-state index in [1.807, 2.05) is 54.4 Å². The summed E-state index contributed by atoms with van der Waals surface area (Å²) < 4.78 is 1.16. The van der Waals surface area contributed by atoms with Crippen LogP contribution in [0, 0.1) is 11.8 Å². The van der Waals surface area contributed by atoms with E-state index in [0.29, 0.717) is 11.4 Å². The summed E-state index contributed by atoms with van der Waals surface area (Å²) in [6.07, 6.45) is 1.70. The van der Waals surface area contributed by atoms with Gasteiger partial charge in [-0.25, -0.2) is 4.98 Å². The molecular formula is C21H15N3O2S2. The van der Waals surface area contributed by atoms with E-state index in [2.05, 4.69) is 28.2 Å². The van der Waals surface area contributed by atoms with Crippen LogP contribution in [0.1, 0.15) is 11.1 Å². The Morgan fingerprint density at radius 3 is 2.64 bits per heavy atom. The van der Waals surface area contributed by atoms with E-state index in [4.69, 9.17) is 0 Å². The minimum absolute atomic E-state index is 0.337. The molecule has 1 saturated heterocycles. The Morgan fingerprint density at radius 2 is 1.93 bits per heavy atom. The van der Waals surface area contributed by atoms with E-state index >= 15 is 0 Å². The van der Waals surface area contributed by atoms with Gasteiger partial charge in [-0.3, -0.25) is 14.9 Å². The minimum Gasteiger partial charge on any atom is -0.340 e. The normalized spacial score (nSPS) is 14.8. The predicted octanol–water partition coefficient (Wildman–Crippen LogP) is 4.11. The highest BCUT2D eigenvalue weighted by Gasteiger charge is 2.24. The summed E-state index contributed by atoms with van der Waals surface area (Å²) in [7, 11) is 1.98. The molecule has 138 valence electrons. The van der Waals surface area contributed by atoms with Gasteiger partial charge in [0.2, 0.25) is 0 Å². The van der Waals surface area contributed by atoms with Gasteiger partial charge < -0.3 is 4.90 Å². The molecule has 1 N–H and O–H groups in total. The Labute approximate surface area is 170 Å². The molecule has 0 aliphatic carbocycles. The van der Waals surface area contributed by atoms with Gasteiger partial charge in [-0.2, -0.15) is 0 Å². The highest BCUT2D eigenvalue weighted by molar-refractivity contribution is 8.18. The lowest BCUT2D eigenvalue weighted by atomic mass is 10.1. The molecule has 2 heterocycles. The molecule has 28 heavy (non-hydrogen) atoms. The van der Waals surface area contributed by atoms with Crippen molar-refractivity contribution in [1.82, 2.24) is 10.3 Å². The van der Waals surface area contributed by atoms with E-state index < -0.39 is 0 Å². The number of rotatable bonds is 3. The van der Waals surface area contributed by atoms with Crippen LogP contribution >= 0.6 is 23.1 Å². The van der Waals surface area contributed by atoms with Crippen molar-refractivity contribution >= 4 is 55.7 Å². The van der Waals surface area contributed by atoms with Gasteiger partial charge in [0.05, 0.1) is 21.7 Å².